The summed E-state index contributed by atoms with van der Waals surface area (Å²) in [6.07, 6.45) is 3.76. The van der Waals surface area contributed by atoms with Crippen LogP contribution in [0.15, 0.2) is 30.0 Å². The molecule has 0 bridgehead atoms. The summed E-state index contributed by atoms with van der Waals surface area (Å²) in [6, 6.07) is 6.71. The van der Waals surface area contributed by atoms with Gasteiger partial charge in [0.25, 0.3) is 5.91 Å². The number of benzene rings is 1. The molecule has 1 aromatic carbocycles. The van der Waals surface area contributed by atoms with Gasteiger partial charge in [0.2, 0.25) is 0 Å². The Hall–Kier alpha value is -2.52. The van der Waals surface area contributed by atoms with Crippen molar-refractivity contribution in [1.82, 2.24) is 4.90 Å². The highest BCUT2D eigenvalue weighted by Gasteiger charge is 2.51. The molecule has 2 aliphatic rings. The van der Waals surface area contributed by atoms with E-state index in [0.717, 1.165) is 12.8 Å². The van der Waals surface area contributed by atoms with Crippen LogP contribution in [0.2, 0.25) is 0 Å². The van der Waals surface area contributed by atoms with Crippen LogP contribution in [0.3, 0.4) is 0 Å². The van der Waals surface area contributed by atoms with E-state index in [9.17, 15) is 15.2 Å². The van der Waals surface area contributed by atoms with Crippen molar-refractivity contribution in [1.29, 1.82) is 5.26 Å². The van der Waals surface area contributed by atoms with Gasteiger partial charge in [0.05, 0.1) is 30.8 Å². The third kappa shape index (κ3) is 3.47. The Morgan fingerprint density at radius 3 is 2.75 bits per heavy atom. The molecule has 28 heavy (non-hydrogen) atoms. The van der Waals surface area contributed by atoms with Crippen LogP contribution in [0.4, 0.5) is 0 Å². The molecule has 0 radical (unpaired) electrons. The van der Waals surface area contributed by atoms with Crippen LogP contribution in [0.25, 0.3) is 0 Å². The number of carbonyl (C=O) groups is 1. The third-order valence-corrected chi connectivity index (χ3v) is 5.82. The molecular formula is C22H28N2O4. The molecule has 0 aliphatic carbocycles. The summed E-state index contributed by atoms with van der Waals surface area (Å²) in [5, 5.41) is 20.6. The van der Waals surface area contributed by atoms with Crippen LogP contribution in [-0.2, 0) is 9.53 Å². The van der Waals surface area contributed by atoms with Gasteiger partial charge in [-0.2, -0.15) is 5.26 Å². The van der Waals surface area contributed by atoms with E-state index in [1.165, 1.54) is 6.08 Å². The van der Waals surface area contributed by atoms with Crippen molar-refractivity contribution in [3.63, 3.8) is 0 Å². The number of fused-ring (bicyclic) bond motifs is 1. The summed E-state index contributed by atoms with van der Waals surface area (Å²) in [4.78, 5) is 14.4. The van der Waals surface area contributed by atoms with Gasteiger partial charge in [-0.05, 0) is 37.5 Å². The van der Waals surface area contributed by atoms with Gasteiger partial charge >= 0.3 is 0 Å². The first kappa shape index (κ1) is 20.2. The van der Waals surface area contributed by atoms with Crippen LogP contribution in [0, 0.1) is 11.3 Å². The molecule has 1 N–H and O–H groups in total. The number of carbonyl (C=O) groups excluding carboxylic acids is 1. The molecule has 2 aliphatic heterocycles. The van der Waals surface area contributed by atoms with Crippen LogP contribution >= 0.6 is 0 Å². The van der Waals surface area contributed by atoms with Crippen molar-refractivity contribution in [2.24, 2.45) is 0 Å². The molecule has 6 nitrogen and oxygen atoms in total. The van der Waals surface area contributed by atoms with Gasteiger partial charge in [0.15, 0.2) is 0 Å². The molecule has 0 unspecified atom stereocenters. The maximum absolute atomic E-state index is 12.8. The summed E-state index contributed by atoms with van der Waals surface area (Å²) in [5.74, 6) is 1.05. The Bertz CT molecular complexity index is 807. The van der Waals surface area contributed by atoms with E-state index < -0.39 is 17.7 Å². The van der Waals surface area contributed by atoms with Crippen LogP contribution in [0.5, 0.6) is 5.75 Å². The molecular weight excluding hydrogens is 356 g/mol. The normalized spacial score (nSPS) is 22.9. The molecule has 0 fully saturated rings. The number of rotatable bonds is 7. The van der Waals surface area contributed by atoms with Gasteiger partial charge in [0.1, 0.15) is 23.2 Å². The highest BCUT2D eigenvalue weighted by molar-refractivity contribution is 5.91. The smallest absolute Gasteiger partial charge is 0.251 e. The summed E-state index contributed by atoms with van der Waals surface area (Å²) >= 11 is 0. The van der Waals surface area contributed by atoms with Gasteiger partial charge in [-0.1, -0.05) is 27.2 Å². The van der Waals surface area contributed by atoms with Crippen LogP contribution in [-0.4, -0.2) is 40.8 Å². The quantitative estimate of drug-likeness (QED) is 0.728. The van der Waals surface area contributed by atoms with Gasteiger partial charge in [-0.3, -0.25) is 4.79 Å². The summed E-state index contributed by atoms with van der Waals surface area (Å²) in [7, 11) is 0. The van der Waals surface area contributed by atoms with E-state index >= 15 is 0 Å². The highest BCUT2D eigenvalue weighted by Crippen LogP contribution is 2.46. The maximum Gasteiger partial charge on any atom is 0.251 e. The number of nitrogens with zero attached hydrogens (tertiary/aromatic N) is 2. The predicted octanol–water partition coefficient (Wildman–Crippen LogP) is 3.45. The fourth-order valence-electron chi connectivity index (χ4n) is 4.01. The molecule has 2 heterocycles. The lowest BCUT2D eigenvalue weighted by Gasteiger charge is -2.48. The Morgan fingerprint density at radius 1 is 1.36 bits per heavy atom. The lowest BCUT2D eigenvalue weighted by Crippen LogP contribution is -2.56. The Morgan fingerprint density at radius 2 is 2.11 bits per heavy atom. The largest absolute Gasteiger partial charge is 0.496 e. The molecule has 6 heteroatoms. The van der Waals surface area contributed by atoms with Crippen LogP contribution < -0.4 is 4.74 Å². The van der Waals surface area contributed by atoms with Crippen LogP contribution in [0.1, 0.15) is 63.6 Å². The first-order valence-corrected chi connectivity index (χ1v) is 10.0. The third-order valence-electron chi connectivity index (χ3n) is 5.82. The summed E-state index contributed by atoms with van der Waals surface area (Å²) in [6.45, 7) is 6.91. The van der Waals surface area contributed by atoms with Gasteiger partial charge in [-0.25, -0.2) is 0 Å². The Labute approximate surface area is 166 Å². The predicted molar refractivity (Wildman–Crippen MR) is 105 cm³/mol. The molecule has 2 atom stereocenters. The molecule has 1 aromatic rings. The zero-order valence-corrected chi connectivity index (χ0v) is 16.8. The number of amides is 1. The lowest BCUT2D eigenvalue weighted by atomic mass is 9.79. The molecule has 0 saturated heterocycles. The van der Waals surface area contributed by atoms with E-state index in [1.54, 1.807) is 23.1 Å². The van der Waals surface area contributed by atoms with E-state index in [2.05, 4.69) is 13.0 Å². The number of hydrogen-bond acceptors (Lipinski definition) is 5. The van der Waals surface area contributed by atoms with Crippen molar-refractivity contribution >= 4 is 5.91 Å². The van der Waals surface area contributed by atoms with Gasteiger partial charge in [-0.15, -0.1) is 0 Å². The Balaban J connectivity index is 1.97. The molecule has 0 aromatic heterocycles. The molecule has 0 spiro atoms. The monoisotopic (exact) mass is 384 g/mol. The van der Waals surface area contributed by atoms with E-state index in [-0.39, 0.29) is 5.91 Å². The number of nitriles is 1. The second-order valence-corrected chi connectivity index (χ2v) is 7.41. The number of hydrogen-bond donors (Lipinski definition) is 1. The molecule has 1 amide bonds. The number of unbranched alkanes of at least 4 members (excludes halogenated alkanes) is 1. The second-order valence-electron chi connectivity index (χ2n) is 7.41. The maximum atomic E-state index is 12.8. The fourth-order valence-corrected chi connectivity index (χ4v) is 4.01. The fraction of sp³-hybridized carbons (Fsp3) is 0.545. The summed E-state index contributed by atoms with van der Waals surface area (Å²) < 4.78 is 12.0. The standard InChI is InChI=1S/C22H28N2O4/c1-4-7-10-27-16-12-19(25)24(14-16)20-17-11-15(13-23)8-9-18(17)28-22(5-2,6-3)21(20)26/h8-9,11-12,20-21,26H,4-7,10,14H2,1-3H3/t20-,21+/m0/s1. The van der Waals surface area contributed by atoms with Crippen molar-refractivity contribution in [3.8, 4) is 11.8 Å². The van der Waals surface area contributed by atoms with Crippen molar-refractivity contribution in [2.75, 3.05) is 13.2 Å². The lowest BCUT2D eigenvalue weighted by molar-refractivity contribution is -0.142. The zero-order valence-electron chi connectivity index (χ0n) is 16.8. The number of ether oxygens (including phenoxy) is 2. The highest BCUT2D eigenvalue weighted by atomic mass is 16.5. The number of aliphatic hydroxyl groups is 1. The number of aliphatic hydroxyl groups excluding tert-OH is 1. The molecule has 0 saturated carbocycles. The topological polar surface area (TPSA) is 82.8 Å². The molecule has 3 rings (SSSR count). The van der Waals surface area contributed by atoms with E-state index in [1.807, 2.05) is 13.8 Å². The average Bonchev–Trinajstić information content (AvgIpc) is 3.07. The zero-order chi connectivity index (χ0) is 20.3. The van der Waals surface area contributed by atoms with E-state index in [0.29, 0.717) is 48.6 Å². The first-order chi connectivity index (χ1) is 13.5. The minimum absolute atomic E-state index is 0.188. The second kappa shape index (κ2) is 8.24. The minimum atomic E-state index is -0.906. The SMILES string of the molecule is CCCCOC1=CC(=O)N([C@H]2c3cc(C#N)ccc3OC(CC)(CC)[C@@H]2O)C1. The van der Waals surface area contributed by atoms with E-state index in [4.69, 9.17) is 9.47 Å². The first-order valence-electron chi connectivity index (χ1n) is 10.0. The average molecular weight is 384 g/mol. The Kier molecular flexibility index (Phi) is 5.95. The minimum Gasteiger partial charge on any atom is -0.496 e. The molecule has 150 valence electrons. The van der Waals surface area contributed by atoms with Crippen molar-refractivity contribution < 1.29 is 19.4 Å². The van der Waals surface area contributed by atoms with Crippen molar-refractivity contribution in [2.45, 2.75) is 64.2 Å². The van der Waals surface area contributed by atoms with Gasteiger partial charge in [0, 0.05) is 11.6 Å². The summed E-state index contributed by atoms with van der Waals surface area (Å²) in [5.41, 5.74) is 0.359. The van der Waals surface area contributed by atoms with Crippen molar-refractivity contribution in [3.05, 3.63) is 41.2 Å². The van der Waals surface area contributed by atoms with Gasteiger partial charge < -0.3 is 19.5 Å².